The van der Waals surface area contributed by atoms with Crippen LogP contribution in [0.4, 0.5) is 5.13 Å². The van der Waals surface area contributed by atoms with Gasteiger partial charge in [-0.15, -0.1) is 0 Å². The molecule has 3 aromatic rings. The molecule has 1 unspecified atom stereocenters. The molecule has 6 heteroatoms. The number of aryl methyl sites for hydroxylation is 1. The minimum absolute atomic E-state index is 0.494. The van der Waals surface area contributed by atoms with Crippen molar-refractivity contribution in [3.8, 4) is 5.88 Å². The fraction of sp³-hybridized carbons (Fsp3) is 0.389. The Bertz CT molecular complexity index is 820. The second-order valence-electron chi connectivity index (χ2n) is 6.23. The predicted molar refractivity (Wildman–Crippen MR) is 96.8 cm³/mol. The summed E-state index contributed by atoms with van der Waals surface area (Å²) in [4.78, 5) is 15.5. The maximum atomic E-state index is 5.79. The third-order valence-corrected chi connectivity index (χ3v) is 5.49. The van der Waals surface area contributed by atoms with Gasteiger partial charge in [0, 0.05) is 31.4 Å². The molecule has 0 amide bonds. The number of aromatic nitrogens is 3. The molecular formula is C18H20N4OS. The number of hydrogen-bond donors (Lipinski definition) is 0. The molecule has 24 heavy (non-hydrogen) atoms. The van der Waals surface area contributed by atoms with Gasteiger partial charge in [0.1, 0.15) is 0 Å². The number of para-hydroxylation sites is 1. The van der Waals surface area contributed by atoms with Crippen LogP contribution in [0.3, 0.4) is 0 Å². The van der Waals surface area contributed by atoms with Gasteiger partial charge in [0.15, 0.2) is 5.13 Å². The van der Waals surface area contributed by atoms with E-state index in [1.165, 1.54) is 23.1 Å². The molecule has 3 heterocycles. The van der Waals surface area contributed by atoms with E-state index in [1.54, 1.807) is 29.9 Å². The number of nitrogens with zero attached hydrogens (tertiary/aromatic N) is 4. The van der Waals surface area contributed by atoms with E-state index in [9.17, 15) is 0 Å². The molecule has 0 spiro atoms. The summed E-state index contributed by atoms with van der Waals surface area (Å²) in [6, 6.07) is 6.38. The van der Waals surface area contributed by atoms with Crippen molar-refractivity contribution in [3.63, 3.8) is 0 Å². The fourth-order valence-electron chi connectivity index (χ4n) is 3.15. The van der Waals surface area contributed by atoms with E-state index in [2.05, 4.69) is 40.0 Å². The van der Waals surface area contributed by atoms with Gasteiger partial charge in [-0.2, -0.15) is 0 Å². The van der Waals surface area contributed by atoms with Gasteiger partial charge in [0.05, 0.1) is 23.0 Å². The molecule has 5 nitrogen and oxygen atoms in total. The minimum atomic E-state index is 0.494. The largest absolute Gasteiger partial charge is 0.476 e. The molecule has 4 rings (SSSR count). The molecule has 0 radical (unpaired) electrons. The van der Waals surface area contributed by atoms with Gasteiger partial charge < -0.3 is 9.64 Å². The van der Waals surface area contributed by atoms with Gasteiger partial charge in [-0.05, 0) is 31.4 Å². The van der Waals surface area contributed by atoms with Crippen LogP contribution < -0.4 is 9.64 Å². The first kappa shape index (κ1) is 15.3. The highest BCUT2D eigenvalue weighted by atomic mass is 32.1. The first-order chi connectivity index (χ1) is 11.8. The topological polar surface area (TPSA) is 51.1 Å². The highest BCUT2D eigenvalue weighted by molar-refractivity contribution is 7.22. The quantitative estimate of drug-likeness (QED) is 0.725. The zero-order valence-electron chi connectivity index (χ0n) is 13.7. The van der Waals surface area contributed by atoms with Crippen molar-refractivity contribution >= 4 is 26.7 Å². The number of thiazole rings is 1. The number of hydrogen-bond acceptors (Lipinski definition) is 6. The molecule has 2 aromatic heterocycles. The maximum Gasteiger partial charge on any atom is 0.232 e. The van der Waals surface area contributed by atoms with Crippen LogP contribution in [0, 0.1) is 12.8 Å². The van der Waals surface area contributed by atoms with Gasteiger partial charge >= 0.3 is 0 Å². The van der Waals surface area contributed by atoms with Crippen LogP contribution >= 0.6 is 11.3 Å². The standard InChI is InChI=1S/C18H20N4OS/c1-13-4-2-6-15-17(13)21-18(24-15)22-9-3-5-14(11-22)12-23-16-10-19-7-8-20-16/h2,4,6-8,10,14H,3,5,9,11-12H2,1H3. The Morgan fingerprint density at radius 2 is 2.29 bits per heavy atom. The van der Waals surface area contributed by atoms with Crippen LogP contribution in [-0.4, -0.2) is 34.6 Å². The summed E-state index contributed by atoms with van der Waals surface area (Å²) in [5.41, 5.74) is 2.38. The SMILES string of the molecule is Cc1cccc2sc(N3CCCC(COc4cnccn4)C3)nc12. The number of piperidine rings is 1. The maximum absolute atomic E-state index is 5.79. The number of benzene rings is 1. The van der Waals surface area contributed by atoms with Gasteiger partial charge in [-0.1, -0.05) is 23.5 Å². The summed E-state index contributed by atoms with van der Waals surface area (Å²) in [6.07, 6.45) is 7.33. The normalized spacial score (nSPS) is 18.0. The average molecular weight is 340 g/mol. The Morgan fingerprint density at radius 1 is 1.33 bits per heavy atom. The summed E-state index contributed by atoms with van der Waals surface area (Å²) in [5.74, 6) is 1.10. The lowest BCUT2D eigenvalue weighted by molar-refractivity contribution is 0.221. The van der Waals surface area contributed by atoms with Crippen molar-refractivity contribution in [2.24, 2.45) is 5.92 Å². The monoisotopic (exact) mass is 340 g/mol. The molecule has 1 aliphatic rings. The van der Waals surface area contributed by atoms with E-state index in [0.717, 1.165) is 23.7 Å². The van der Waals surface area contributed by atoms with Crippen molar-refractivity contribution < 1.29 is 4.74 Å². The predicted octanol–water partition coefficient (Wildman–Crippen LogP) is 3.69. The van der Waals surface area contributed by atoms with Crippen LogP contribution in [-0.2, 0) is 0 Å². The molecule has 1 atom stereocenters. The van der Waals surface area contributed by atoms with E-state index in [4.69, 9.17) is 9.72 Å². The van der Waals surface area contributed by atoms with Gasteiger partial charge in [0.2, 0.25) is 5.88 Å². The van der Waals surface area contributed by atoms with E-state index in [0.29, 0.717) is 18.4 Å². The van der Waals surface area contributed by atoms with Gasteiger partial charge in [-0.25, -0.2) is 9.97 Å². The zero-order chi connectivity index (χ0) is 16.4. The summed E-state index contributed by atoms with van der Waals surface area (Å²) < 4.78 is 7.06. The molecule has 1 aliphatic heterocycles. The van der Waals surface area contributed by atoms with Crippen molar-refractivity contribution in [3.05, 3.63) is 42.4 Å². The highest BCUT2D eigenvalue weighted by Crippen LogP contribution is 2.32. The number of rotatable bonds is 4. The van der Waals surface area contributed by atoms with Crippen molar-refractivity contribution in [1.29, 1.82) is 0 Å². The summed E-state index contributed by atoms with van der Waals surface area (Å²) in [7, 11) is 0. The summed E-state index contributed by atoms with van der Waals surface area (Å²) in [5, 5.41) is 1.13. The van der Waals surface area contributed by atoms with Crippen LogP contribution in [0.15, 0.2) is 36.8 Å². The Morgan fingerprint density at radius 3 is 3.12 bits per heavy atom. The van der Waals surface area contributed by atoms with Crippen LogP contribution in [0.25, 0.3) is 10.2 Å². The smallest absolute Gasteiger partial charge is 0.232 e. The Kier molecular flexibility index (Phi) is 4.30. The molecule has 0 saturated carbocycles. The first-order valence-corrected chi connectivity index (χ1v) is 9.11. The van der Waals surface area contributed by atoms with Crippen molar-refractivity contribution in [2.45, 2.75) is 19.8 Å². The molecule has 0 N–H and O–H groups in total. The Balaban J connectivity index is 1.45. The first-order valence-electron chi connectivity index (χ1n) is 8.29. The summed E-state index contributed by atoms with van der Waals surface area (Å²) >= 11 is 1.79. The highest BCUT2D eigenvalue weighted by Gasteiger charge is 2.23. The van der Waals surface area contributed by atoms with Crippen LogP contribution in [0.5, 0.6) is 5.88 Å². The van der Waals surface area contributed by atoms with E-state index in [1.807, 2.05) is 0 Å². The molecule has 0 aliphatic carbocycles. The Labute approximate surface area is 145 Å². The summed E-state index contributed by atoms with van der Waals surface area (Å²) in [6.45, 7) is 4.86. The zero-order valence-corrected chi connectivity index (χ0v) is 14.5. The van der Waals surface area contributed by atoms with Crippen LogP contribution in [0.2, 0.25) is 0 Å². The lowest BCUT2D eigenvalue weighted by Gasteiger charge is -2.32. The van der Waals surface area contributed by atoms with Gasteiger partial charge in [-0.3, -0.25) is 4.98 Å². The third kappa shape index (κ3) is 3.19. The molecule has 1 fully saturated rings. The van der Waals surface area contributed by atoms with Crippen molar-refractivity contribution in [1.82, 2.24) is 15.0 Å². The van der Waals surface area contributed by atoms with Crippen LogP contribution in [0.1, 0.15) is 18.4 Å². The average Bonchev–Trinajstić information content (AvgIpc) is 3.07. The minimum Gasteiger partial charge on any atom is -0.476 e. The Hall–Kier alpha value is -2.21. The molecule has 0 bridgehead atoms. The molecule has 1 aromatic carbocycles. The van der Waals surface area contributed by atoms with E-state index >= 15 is 0 Å². The molecular weight excluding hydrogens is 320 g/mol. The lowest BCUT2D eigenvalue weighted by Crippen LogP contribution is -2.37. The fourth-order valence-corrected chi connectivity index (χ4v) is 4.23. The lowest BCUT2D eigenvalue weighted by atomic mass is 9.99. The van der Waals surface area contributed by atoms with Crippen molar-refractivity contribution in [2.75, 3.05) is 24.6 Å². The van der Waals surface area contributed by atoms with E-state index in [-0.39, 0.29) is 0 Å². The number of fused-ring (bicyclic) bond motifs is 1. The third-order valence-electron chi connectivity index (χ3n) is 4.41. The molecule has 124 valence electrons. The van der Waals surface area contributed by atoms with E-state index < -0.39 is 0 Å². The number of anilines is 1. The number of ether oxygens (including phenoxy) is 1. The second-order valence-corrected chi connectivity index (χ2v) is 7.24. The second kappa shape index (κ2) is 6.73. The van der Waals surface area contributed by atoms with Gasteiger partial charge in [0.25, 0.3) is 0 Å². The molecule has 1 saturated heterocycles.